The van der Waals surface area contributed by atoms with Crippen LogP contribution >= 0.6 is 39.1 Å². The van der Waals surface area contributed by atoms with Crippen molar-refractivity contribution >= 4 is 54.8 Å². The van der Waals surface area contributed by atoms with Crippen LogP contribution in [0.15, 0.2) is 16.7 Å². The van der Waals surface area contributed by atoms with Crippen LogP contribution in [-0.4, -0.2) is 25.0 Å². The third-order valence-electron chi connectivity index (χ3n) is 1.84. The number of nitrogens with one attached hydrogen (secondary N) is 1. The highest BCUT2D eigenvalue weighted by Crippen LogP contribution is 2.24. The lowest BCUT2D eigenvalue weighted by Crippen LogP contribution is -2.22. The van der Waals surface area contributed by atoms with E-state index in [1.165, 1.54) is 6.20 Å². The number of pyridine rings is 1. The van der Waals surface area contributed by atoms with E-state index in [2.05, 4.69) is 25.6 Å². The van der Waals surface area contributed by atoms with E-state index in [4.69, 9.17) is 23.2 Å². The van der Waals surface area contributed by atoms with Crippen LogP contribution in [0.5, 0.6) is 0 Å². The first-order valence-corrected chi connectivity index (χ1v) is 8.07. The van der Waals surface area contributed by atoms with E-state index in [1.54, 1.807) is 13.0 Å². The topological polar surface area (TPSA) is 59.1 Å². The van der Waals surface area contributed by atoms with Gasteiger partial charge in [-0.1, -0.05) is 18.5 Å². The van der Waals surface area contributed by atoms with Gasteiger partial charge in [-0.25, -0.2) is 13.4 Å². The van der Waals surface area contributed by atoms with Crippen molar-refractivity contribution in [3.63, 3.8) is 0 Å². The monoisotopic (exact) mass is 360 g/mol. The Morgan fingerprint density at radius 3 is 2.82 bits per heavy atom. The molecule has 96 valence electrons. The van der Waals surface area contributed by atoms with Crippen molar-refractivity contribution in [2.75, 3.05) is 16.4 Å². The predicted octanol–water partition coefficient (Wildman–Crippen LogP) is 3.11. The highest BCUT2D eigenvalue weighted by atomic mass is 79.9. The van der Waals surface area contributed by atoms with E-state index in [9.17, 15) is 8.42 Å². The Labute approximate surface area is 119 Å². The first-order chi connectivity index (χ1) is 7.84. The van der Waals surface area contributed by atoms with Crippen molar-refractivity contribution in [3.05, 3.63) is 21.9 Å². The van der Waals surface area contributed by atoms with Crippen LogP contribution in [0.25, 0.3) is 0 Å². The van der Waals surface area contributed by atoms with Gasteiger partial charge in [0.25, 0.3) is 0 Å². The molecule has 0 bridgehead atoms. The lowest BCUT2D eigenvalue weighted by Gasteiger charge is -2.11. The maximum Gasteiger partial charge on any atom is 0.233 e. The summed E-state index contributed by atoms with van der Waals surface area (Å²) in [5.41, 5.74) is 0.253. The molecule has 1 heterocycles. The number of anilines is 1. The number of sulfonamides is 1. The van der Waals surface area contributed by atoms with Crippen molar-refractivity contribution in [3.8, 4) is 0 Å². The molecular formula is C9H11BrCl2N2O2S. The van der Waals surface area contributed by atoms with Gasteiger partial charge in [0.15, 0.2) is 5.15 Å². The Balaban J connectivity index is 2.86. The molecule has 0 spiro atoms. The fourth-order valence-corrected chi connectivity index (χ4v) is 3.34. The Bertz CT molecular complexity index is 496. The van der Waals surface area contributed by atoms with Crippen molar-refractivity contribution in [1.82, 2.24) is 4.98 Å². The molecule has 0 radical (unpaired) electrons. The lowest BCUT2D eigenvalue weighted by atomic mass is 10.3. The van der Waals surface area contributed by atoms with Crippen LogP contribution in [-0.2, 0) is 10.0 Å². The third-order valence-corrected chi connectivity index (χ3v) is 4.64. The van der Waals surface area contributed by atoms with Gasteiger partial charge in [-0.05, 0) is 27.9 Å². The van der Waals surface area contributed by atoms with Gasteiger partial charge in [0, 0.05) is 16.5 Å². The van der Waals surface area contributed by atoms with Crippen LogP contribution in [0.3, 0.4) is 0 Å². The molecule has 1 unspecified atom stereocenters. The van der Waals surface area contributed by atoms with Gasteiger partial charge >= 0.3 is 0 Å². The zero-order chi connectivity index (χ0) is 13.1. The molecule has 0 aliphatic carbocycles. The Morgan fingerprint density at radius 2 is 2.24 bits per heavy atom. The summed E-state index contributed by atoms with van der Waals surface area (Å²) >= 11 is 14.6. The van der Waals surface area contributed by atoms with E-state index >= 15 is 0 Å². The number of hydrogen-bond acceptors (Lipinski definition) is 3. The maximum atomic E-state index is 11.8. The Morgan fingerprint density at radius 1 is 1.59 bits per heavy atom. The minimum Gasteiger partial charge on any atom is -0.280 e. The fraction of sp³-hybridized carbons (Fsp3) is 0.444. The largest absolute Gasteiger partial charge is 0.280 e. The second-order valence-corrected chi connectivity index (χ2v) is 6.98. The molecule has 1 N–H and O–H groups in total. The minimum atomic E-state index is -3.46. The molecule has 0 aliphatic rings. The van der Waals surface area contributed by atoms with Gasteiger partial charge in [-0.3, -0.25) is 4.72 Å². The first-order valence-electron chi connectivity index (χ1n) is 4.71. The molecule has 8 heteroatoms. The van der Waals surface area contributed by atoms with E-state index in [0.717, 1.165) is 0 Å². The number of aromatic nitrogens is 1. The molecule has 0 saturated heterocycles. The molecule has 0 saturated carbocycles. The van der Waals surface area contributed by atoms with Gasteiger partial charge in [0.1, 0.15) is 0 Å². The van der Waals surface area contributed by atoms with E-state index < -0.39 is 10.0 Å². The second kappa shape index (κ2) is 6.22. The number of rotatable bonds is 5. The van der Waals surface area contributed by atoms with E-state index in [1.807, 2.05) is 0 Å². The zero-order valence-electron chi connectivity index (χ0n) is 8.95. The van der Waals surface area contributed by atoms with Crippen LogP contribution in [0, 0.1) is 5.92 Å². The van der Waals surface area contributed by atoms with Gasteiger partial charge in [0.05, 0.1) is 11.4 Å². The smallest absolute Gasteiger partial charge is 0.233 e. The molecule has 0 amide bonds. The van der Waals surface area contributed by atoms with Gasteiger partial charge in [0.2, 0.25) is 10.0 Å². The lowest BCUT2D eigenvalue weighted by molar-refractivity contribution is 0.588. The van der Waals surface area contributed by atoms with Crippen LogP contribution < -0.4 is 4.72 Å². The fourth-order valence-electron chi connectivity index (χ4n) is 1.12. The normalized spacial score (nSPS) is 13.4. The number of alkyl halides is 1. The van der Waals surface area contributed by atoms with Crippen LogP contribution in [0.4, 0.5) is 5.69 Å². The summed E-state index contributed by atoms with van der Waals surface area (Å²) in [6.45, 7) is 1.76. The molecule has 4 nitrogen and oxygen atoms in total. The van der Waals surface area contributed by atoms with Crippen molar-refractivity contribution in [2.45, 2.75) is 6.92 Å². The minimum absolute atomic E-state index is 0.0562. The molecule has 1 rings (SSSR count). The standard InChI is InChI=1S/C9H11BrCl2N2O2S/c1-6(3-11)5-17(15,16)14-8-2-7(10)4-13-9(8)12/h2,4,6,14H,3,5H2,1H3. The Kier molecular flexibility index (Phi) is 5.50. The summed E-state index contributed by atoms with van der Waals surface area (Å²) in [7, 11) is -3.46. The zero-order valence-corrected chi connectivity index (χ0v) is 12.9. The molecule has 0 aliphatic heterocycles. The summed E-state index contributed by atoms with van der Waals surface area (Å²) in [5, 5.41) is 0.107. The summed E-state index contributed by atoms with van der Waals surface area (Å²) in [6.07, 6.45) is 1.49. The molecule has 1 aromatic heterocycles. The summed E-state index contributed by atoms with van der Waals surface area (Å²) in [6, 6.07) is 1.55. The molecule has 1 aromatic rings. The average molecular weight is 362 g/mol. The van der Waals surface area contributed by atoms with Gasteiger partial charge < -0.3 is 0 Å². The summed E-state index contributed by atoms with van der Waals surface area (Å²) in [5.74, 6) is 0.0955. The predicted molar refractivity (Wildman–Crippen MR) is 74.2 cm³/mol. The summed E-state index contributed by atoms with van der Waals surface area (Å²) in [4.78, 5) is 3.83. The molecule has 1 atom stereocenters. The molecular weight excluding hydrogens is 351 g/mol. The number of hydrogen-bond donors (Lipinski definition) is 1. The quantitative estimate of drug-likeness (QED) is 0.647. The van der Waals surface area contributed by atoms with E-state index in [-0.39, 0.29) is 28.4 Å². The third kappa shape index (κ3) is 4.99. The molecule has 0 aromatic carbocycles. The second-order valence-electron chi connectivity index (χ2n) is 3.63. The van der Waals surface area contributed by atoms with Crippen molar-refractivity contribution < 1.29 is 8.42 Å². The van der Waals surface area contributed by atoms with Crippen LogP contribution in [0.1, 0.15) is 6.92 Å². The van der Waals surface area contributed by atoms with Crippen LogP contribution in [0.2, 0.25) is 5.15 Å². The van der Waals surface area contributed by atoms with E-state index in [0.29, 0.717) is 4.47 Å². The maximum absolute atomic E-state index is 11.8. The number of nitrogens with zero attached hydrogens (tertiary/aromatic N) is 1. The Hall–Kier alpha value is -0.0400. The summed E-state index contributed by atoms with van der Waals surface area (Å²) < 4.78 is 26.5. The number of halogens is 3. The van der Waals surface area contributed by atoms with Crippen molar-refractivity contribution in [1.29, 1.82) is 0 Å². The SMILES string of the molecule is CC(CCl)CS(=O)(=O)Nc1cc(Br)cnc1Cl. The molecule has 17 heavy (non-hydrogen) atoms. The van der Waals surface area contributed by atoms with Gasteiger partial charge in [-0.15, -0.1) is 11.6 Å². The van der Waals surface area contributed by atoms with Gasteiger partial charge in [-0.2, -0.15) is 0 Å². The first kappa shape index (κ1) is 15.0. The highest BCUT2D eigenvalue weighted by molar-refractivity contribution is 9.10. The average Bonchev–Trinajstić information content (AvgIpc) is 2.22. The van der Waals surface area contributed by atoms with Crippen molar-refractivity contribution in [2.24, 2.45) is 5.92 Å². The molecule has 0 fully saturated rings. The highest BCUT2D eigenvalue weighted by Gasteiger charge is 2.17.